The molecule has 0 N–H and O–H groups in total. The summed E-state index contributed by atoms with van der Waals surface area (Å²) < 4.78 is 2.19. The van der Waals surface area contributed by atoms with Crippen molar-refractivity contribution in [1.29, 1.82) is 0 Å². The van der Waals surface area contributed by atoms with Crippen molar-refractivity contribution in [1.82, 2.24) is 0 Å². The number of halogens is 3. The lowest BCUT2D eigenvalue weighted by Gasteiger charge is -1.86. The first kappa shape index (κ1) is 12.8. The summed E-state index contributed by atoms with van der Waals surface area (Å²) in [5.74, 6) is 0. The molecule has 0 saturated carbocycles. The molecular formula is C12H9Br2Cl. The Morgan fingerprint density at radius 1 is 0.667 bits per heavy atom. The van der Waals surface area contributed by atoms with Crippen molar-refractivity contribution in [2.45, 2.75) is 0 Å². The molecule has 0 aromatic heterocycles. The van der Waals surface area contributed by atoms with Crippen molar-refractivity contribution in [2.75, 3.05) is 0 Å². The zero-order chi connectivity index (χ0) is 11.1. The zero-order valence-electron chi connectivity index (χ0n) is 7.83. The van der Waals surface area contributed by atoms with Gasteiger partial charge in [-0.1, -0.05) is 61.7 Å². The molecule has 0 heterocycles. The summed E-state index contributed by atoms with van der Waals surface area (Å²) in [6.07, 6.45) is 0. The maximum atomic E-state index is 5.59. The molecule has 0 nitrogen and oxygen atoms in total. The summed E-state index contributed by atoms with van der Waals surface area (Å²) in [6.45, 7) is 0. The third-order valence-corrected chi connectivity index (χ3v) is 2.85. The van der Waals surface area contributed by atoms with Crippen molar-refractivity contribution in [2.24, 2.45) is 0 Å². The first-order chi connectivity index (χ1) is 7.18. The van der Waals surface area contributed by atoms with Gasteiger partial charge in [0.25, 0.3) is 0 Å². The Balaban J connectivity index is 0.000000151. The summed E-state index contributed by atoms with van der Waals surface area (Å²) in [4.78, 5) is 0. The Labute approximate surface area is 112 Å². The number of rotatable bonds is 0. The fourth-order valence-electron chi connectivity index (χ4n) is 0.844. The van der Waals surface area contributed by atoms with Crippen molar-refractivity contribution in [3.8, 4) is 0 Å². The van der Waals surface area contributed by atoms with Crippen LogP contribution in [0.4, 0.5) is 0 Å². The number of benzene rings is 2. The van der Waals surface area contributed by atoms with Crippen LogP contribution in [0.2, 0.25) is 5.02 Å². The molecule has 0 bridgehead atoms. The predicted molar refractivity (Wildman–Crippen MR) is 73.3 cm³/mol. The van der Waals surface area contributed by atoms with E-state index in [0.717, 1.165) is 14.0 Å². The molecule has 0 fully saturated rings. The van der Waals surface area contributed by atoms with Crippen LogP contribution in [0, 0.1) is 0 Å². The molecule has 2 aromatic rings. The molecule has 0 radical (unpaired) electrons. The maximum Gasteiger partial charge on any atom is 0.0406 e. The second kappa shape index (κ2) is 7.04. The van der Waals surface area contributed by atoms with Crippen LogP contribution in [0.3, 0.4) is 0 Å². The van der Waals surface area contributed by atoms with E-state index in [2.05, 4.69) is 31.9 Å². The van der Waals surface area contributed by atoms with Gasteiger partial charge in [0.05, 0.1) is 0 Å². The highest BCUT2D eigenvalue weighted by molar-refractivity contribution is 9.10. The highest BCUT2D eigenvalue weighted by Gasteiger charge is 1.83. The van der Waals surface area contributed by atoms with Crippen LogP contribution in [-0.2, 0) is 0 Å². The van der Waals surface area contributed by atoms with Crippen LogP contribution in [-0.4, -0.2) is 0 Å². The second-order valence-corrected chi connectivity index (χ2v) is 5.00. The molecule has 2 aromatic carbocycles. The van der Waals surface area contributed by atoms with Gasteiger partial charge in [-0.3, -0.25) is 0 Å². The van der Waals surface area contributed by atoms with Gasteiger partial charge in [0, 0.05) is 14.0 Å². The van der Waals surface area contributed by atoms with Gasteiger partial charge in [-0.25, -0.2) is 0 Å². The van der Waals surface area contributed by atoms with Gasteiger partial charge in [-0.2, -0.15) is 0 Å². The van der Waals surface area contributed by atoms with E-state index in [0.29, 0.717) is 0 Å². The van der Waals surface area contributed by atoms with Gasteiger partial charge in [0.1, 0.15) is 0 Å². The van der Waals surface area contributed by atoms with Crippen molar-refractivity contribution < 1.29 is 0 Å². The quantitative estimate of drug-likeness (QED) is 0.585. The molecule has 3 heteroatoms. The third-order valence-electron chi connectivity index (χ3n) is 1.54. The van der Waals surface area contributed by atoms with E-state index in [1.54, 1.807) is 0 Å². The van der Waals surface area contributed by atoms with Gasteiger partial charge in [0.2, 0.25) is 0 Å². The zero-order valence-corrected chi connectivity index (χ0v) is 11.8. The molecule has 0 atom stereocenters. The van der Waals surface area contributed by atoms with Crippen LogP contribution in [0.25, 0.3) is 0 Å². The van der Waals surface area contributed by atoms with Crippen LogP contribution < -0.4 is 0 Å². The molecule has 0 saturated heterocycles. The summed E-state index contributed by atoms with van der Waals surface area (Å²) in [5, 5.41) is 0.771. The molecule has 15 heavy (non-hydrogen) atoms. The molecule has 0 aliphatic rings. The van der Waals surface area contributed by atoms with Crippen LogP contribution in [0.5, 0.6) is 0 Å². The van der Waals surface area contributed by atoms with E-state index in [1.165, 1.54) is 0 Å². The summed E-state index contributed by atoms with van der Waals surface area (Å²) in [6, 6.07) is 17.5. The minimum atomic E-state index is 0.771. The van der Waals surface area contributed by atoms with Crippen LogP contribution in [0.1, 0.15) is 0 Å². The second-order valence-electron chi connectivity index (χ2n) is 2.73. The first-order valence-electron chi connectivity index (χ1n) is 4.30. The normalized spacial score (nSPS) is 9.00. The first-order valence-corrected chi connectivity index (χ1v) is 6.26. The topological polar surface area (TPSA) is 0 Å². The largest absolute Gasteiger partial charge is 0.0843 e. The number of hydrogen-bond acceptors (Lipinski definition) is 0. The SMILES string of the molecule is Brc1ccccc1.Clc1ccc(Br)cc1. The lowest BCUT2D eigenvalue weighted by atomic mass is 10.4. The molecule has 0 spiro atoms. The molecule has 78 valence electrons. The average Bonchev–Trinajstić information content (AvgIpc) is 2.25. The van der Waals surface area contributed by atoms with E-state index in [9.17, 15) is 0 Å². The van der Waals surface area contributed by atoms with E-state index in [-0.39, 0.29) is 0 Å². The fraction of sp³-hybridized carbons (Fsp3) is 0. The monoisotopic (exact) mass is 346 g/mol. The summed E-state index contributed by atoms with van der Waals surface area (Å²) in [7, 11) is 0. The van der Waals surface area contributed by atoms with Crippen molar-refractivity contribution in [3.63, 3.8) is 0 Å². The van der Waals surface area contributed by atoms with E-state index >= 15 is 0 Å². The Hall–Kier alpha value is -0.310. The van der Waals surface area contributed by atoms with Gasteiger partial charge in [0.15, 0.2) is 0 Å². The minimum absolute atomic E-state index is 0.771. The standard InChI is InChI=1S/C6H4BrCl.C6H5Br/c7-5-1-3-6(8)4-2-5;7-6-4-2-1-3-5-6/h1-4H;1-5H. The molecule has 0 aliphatic heterocycles. The summed E-state index contributed by atoms with van der Waals surface area (Å²) in [5.41, 5.74) is 0. The highest BCUT2D eigenvalue weighted by Crippen LogP contribution is 2.13. The van der Waals surface area contributed by atoms with E-state index in [4.69, 9.17) is 11.6 Å². The Kier molecular flexibility index (Phi) is 5.99. The van der Waals surface area contributed by atoms with Gasteiger partial charge in [-0.05, 0) is 36.4 Å². The lowest BCUT2D eigenvalue weighted by molar-refractivity contribution is 1.65. The summed E-state index contributed by atoms with van der Waals surface area (Å²) >= 11 is 12.2. The molecule has 2 rings (SSSR count). The Bertz CT molecular complexity index is 363. The predicted octanol–water partition coefficient (Wildman–Crippen LogP) is 5.55. The molecule has 0 unspecified atom stereocenters. The third kappa shape index (κ3) is 5.98. The van der Waals surface area contributed by atoms with Crippen LogP contribution in [0.15, 0.2) is 63.5 Å². The van der Waals surface area contributed by atoms with Crippen molar-refractivity contribution in [3.05, 3.63) is 68.6 Å². The van der Waals surface area contributed by atoms with Gasteiger partial charge < -0.3 is 0 Å². The molecular weight excluding hydrogens is 339 g/mol. The van der Waals surface area contributed by atoms with Gasteiger partial charge in [-0.15, -0.1) is 0 Å². The van der Waals surface area contributed by atoms with Crippen LogP contribution >= 0.6 is 43.5 Å². The average molecular weight is 348 g/mol. The fourth-order valence-corrected chi connectivity index (χ4v) is 1.54. The van der Waals surface area contributed by atoms with E-state index < -0.39 is 0 Å². The Morgan fingerprint density at radius 3 is 1.47 bits per heavy atom. The minimum Gasteiger partial charge on any atom is -0.0843 e. The van der Waals surface area contributed by atoms with E-state index in [1.807, 2.05) is 54.6 Å². The smallest absolute Gasteiger partial charge is 0.0406 e. The van der Waals surface area contributed by atoms with Crippen molar-refractivity contribution >= 4 is 43.5 Å². The highest BCUT2D eigenvalue weighted by atomic mass is 79.9. The lowest BCUT2D eigenvalue weighted by Crippen LogP contribution is -1.61. The number of hydrogen-bond donors (Lipinski definition) is 0. The van der Waals surface area contributed by atoms with Gasteiger partial charge >= 0.3 is 0 Å². The Morgan fingerprint density at radius 2 is 1.13 bits per heavy atom. The maximum absolute atomic E-state index is 5.59. The molecule has 0 aliphatic carbocycles. The molecule has 0 amide bonds.